The van der Waals surface area contributed by atoms with Crippen molar-refractivity contribution < 1.29 is 0 Å². The summed E-state index contributed by atoms with van der Waals surface area (Å²) in [5.41, 5.74) is 9.87. The van der Waals surface area contributed by atoms with Crippen LogP contribution in [0.4, 0.5) is 11.5 Å². The lowest BCUT2D eigenvalue weighted by molar-refractivity contribution is 0.827. The van der Waals surface area contributed by atoms with Crippen LogP contribution in [0.25, 0.3) is 11.1 Å². The Balaban J connectivity index is 2.63. The van der Waals surface area contributed by atoms with E-state index in [9.17, 15) is 0 Å². The van der Waals surface area contributed by atoms with Gasteiger partial charge in [-0.1, -0.05) is 13.8 Å². The molecular weight excluding hydrogens is 224 g/mol. The summed E-state index contributed by atoms with van der Waals surface area (Å²) in [5, 5.41) is 3.02. The van der Waals surface area contributed by atoms with E-state index in [-0.39, 0.29) is 0 Å². The van der Waals surface area contributed by atoms with Crippen LogP contribution in [0.5, 0.6) is 0 Å². The topological polar surface area (TPSA) is 63.8 Å². The first-order valence-electron chi connectivity index (χ1n) is 6.02. The maximum absolute atomic E-state index is 6.00. The molecule has 0 atom stereocenters. The van der Waals surface area contributed by atoms with E-state index in [1.807, 2.05) is 25.2 Å². The lowest BCUT2D eigenvalue weighted by Gasteiger charge is -2.15. The quantitative estimate of drug-likeness (QED) is 0.868. The highest BCUT2D eigenvalue weighted by Gasteiger charge is 2.13. The Morgan fingerprint density at radius 1 is 1.22 bits per heavy atom. The van der Waals surface area contributed by atoms with E-state index in [2.05, 4.69) is 29.1 Å². The summed E-state index contributed by atoms with van der Waals surface area (Å²) >= 11 is 0. The summed E-state index contributed by atoms with van der Waals surface area (Å²) in [4.78, 5) is 8.65. The van der Waals surface area contributed by atoms with E-state index < -0.39 is 0 Å². The van der Waals surface area contributed by atoms with Crippen LogP contribution < -0.4 is 11.1 Å². The summed E-state index contributed by atoms with van der Waals surface area (Å²) in [7, 11) is 1.83. The van der Waals surface area contributed by atoms with Crippen LogP contribution in [0.3, 0.4) is 0 Å². The minimum Gasteiger partial charge on any atom is -0.396 e. The molecule has 0 radical (unpaired) electrons. The molecule has 4 nitrogen and oxygen atoms in total. The number of anilines is 2. The molecule has 2 aromatic heterocycles. The highest BCUT2D eigenvalue weighted by molar-refractivity contribution is 5.75. The zero-order valence-electron chi connectivity index (χ0n) is 10.9. The van der Waals surface area contributed by atoms with Gasteiger partial charge in [0.1, 0.15) is 5.82 Å². The van der Waals surface area contributed by atoms with E-state index in [1.165, 1.54) is 0 Å². The van der Waals surface area contributed by atoms with Gasteiger partial charge in [-0.3, -0.25) is 4.98 Å². The normalized spacial score (nSPS) is 10.7. The summed E-state index contributed by atoms with van der Waals surface area (Å²) in [6, 6.07) is 5.92. The second kappa shape index (κ2) is 5.04. The summed E-state index contributed by atoms with van der Waals surface area (Å²) in [6.07, 6.45) is 3.56. The van der Waals surface area contributed by atoms with Gasteiger partial charge in [0.15, 0.2) is 0 Å². The van der Waals surface area contributed by atoms with Gasteiger partial charge in [-0.15, -0.1) is 0 Å². The fraction of sp³-hybridized carbons (Fsp3) is 0.286. The Kier molecular flexibility index (Phi) is 3.46. The molecule has 0 spiro atoms. The van der Waals surface area contributed by atoms with Crippen LogP contribution >= 0.6 is 0 Å². The predicted octanol–water partition coefficient (Wildman–Crippen LogP) is 2.89. The van der Waals surface area contributed by atoms with Gasteiger partial charge in [0.2, 0.25) is 0 Å². The van der Waals surface area contributed by atoms with E-state index >= 15 is 0 Å². The number of aromatic nitrogens is 2. The van der Waals surface area contributed by atoms with Gasteiger partial charge in [0, 0.05) is 25.0 Å². The van der Waals surface area contributed by atoms with Gasteiger partial charge >= 0.3 is 0 Å². The molecule has 0 bridgehead atoms. The average Bonchev–Trinajstić information content (AvgIpc) is 2.39. The van der Waals surface area contributed by atoms with Crippen molar-refractivity contribution in [3.05, 3.63) is 36.3 Å². The van der Waals surface area contributed by atoms with E-state index in [4.69, 9.17) is 5.73 Å². The summed E-state index contributed by atoms with van der Waals surface area (Å²) in [5.74, 6) is 1.07. The van der Waals surface area contributed by atoms with Crippen molar-refractivity contribution in [3.63, 3.8) is 0 Å². The van der Waals surface area contributed by atoms with Crippen molar-refractivity contribution >= 4 is 11.5 Å². The van der Waals surface area contributed by atoms with Crippen molar-refractivity contribution in [2.75, 3.05) is 18.1 Å². The predicted molar refractivity (Wildman–Crippen MR) is 75.5 cm³/mol. The number of hydrogen-bond donors (Lipinski definition) is 2. The Morgan fingerprint density at radius 2 is 1.89 bits per heavy atom. The number of nitrogens with zero attached hydrogens (tertiary/aromatic N) is 2. The summed E-state index contributed by atoms with van der Waals surface area (Å²) in [6.45, 7) is 4.26. The van der Waals surface area contributed by atoms with Crippen molar-refractivity contribution in [1.29, 1.82) is 0 Å². The first-order chi connectivity index (χ1) is 8.63. The van der Waals surface area contributed by atoms with E-state index in [0.717, 1.165) is 22.6 Å². The highest BCUT2D eigenvalue weighted by atomic mass is 15.0. The zero-order valence-corrected chi connectivity index (χ0v) is 10.9. The van der Waals surface area contributed by atoms with Crippen LogP contribution in [0.2, 0.25) is 0 Å². The van der Waals surface area contributed by atoms with Gasteiger partial charge in [0.05, 0.1) is 11.4 Å². The van der Waals surface area contributed by atoms with Crippen molar-refractivity contribution in [2.24, 2.45) is 0 Å². The average molecular weight is 242 g/mol. The maximum atomic E-state index is 6.00. The second-order valence-electron chi connectivity index (χ2n) is 4.50. The number of pyridine rings is 2. The SMILES string of the molecule is CNc1nc(C(C)C)c(-c2ccncc2)cc1N. The van der Waals surface area contributed by atoms with Crippen LogP contribution in [0.1, 0.15) is 25.5 Å². The molecule has 2 rings (SSSR count). The molecule has 0 aromatic carbocycles. The lowest BCUT2D eigenvalue weighted by atomic mass is 9.98. The molecule has 0 saturated heterocycles. The third kappa shape index (κ3) is 2.27. The number of nitrogens with two attached hydrogens (primary N) is 1. The molecule has 0 aliphatic heterocycles. The smallest absolute Gasteiger partial charge is 0.149 e. The van der Waals surface area contributed by atoms with E-state index in [0.29, 0.717) is 11.6 Å². The lowest BCUT2D eigenvalue weighted by Crippen LogP contribution is -2.05. The van der Waals surface area contributed by atoms with Gasteiger partial charge in [-0.05, 0) is 29.7 Å². The molecule has 0 aliphatic rings. The molecule has 94 valence electrons. The number of hydrogen-bond acceptors (Lipinski definition) is 4. The standard InChI is InChI=1S/C14H18N4/c1-9(2)13-11(10-4-6-17-7-5-10)8-12(15)14(16-3)18-13/h4-9H,15H2,1-3H3,(H,16,18). The maximum Gasteiger partial charge on any atom is 0.149 e. The van der Waals surface area contributed by atoms with Gasteiger partial charge in [-0.2, -0.15) is 0 Å². The Bertz CT molecular complexity index is 535. The molecule has 2 aromatic rings. The molecule has 18 heavy (non-hydrogen) atoms. The molecular formula is C14H18N4. The monoisotopic (exact) mass is 242 g/mol. The van der Waals surface area contributed by atoms with Crippen LogP contribution in [0.15, 0.2) is 30.6 Å². The Morgan fingerprint density at radius 3 is 2.44 bits per heavy atom. The number of nitrogen functional groups attached to an aromatic ring is 1. The minimum absolute atomic E-state index is 0.334. The second-order valence-corrected chi connectivity index (χ2v) is 4.50. The van der Waals surface area contributed by atoms with Crippen molar-refractivity contribution in [2.45, 2.75) is 19.8 Å². The zero-order chi connectivity index (χ0) is 13.1. The number of nitrogens with one attached hydrogen (secondary N) is 1. The van der Waals surface area contributed by atoms with Crippen molar-refractivity contribution in [3.8, 4) is 11.1 Å². The minimum atomic E-state index is 0.334. The molecule has 3 N–H and O–H groups in total. The Labute approximate surface area is 107 Å². The van der Waals surface area contributed by atoms with Crippen molar-refractivity contribution in [1.82, 2.24) is 9.97 Å². The molecule has 2 heterocycles. The van der Waals surface area contributed by atoms with Crippen LogP contribution in [0, 0.1) is 0 Å². The first kappa shape index (κ1) is 12.4. The third-order valence-corrected chi connectivity index (χ3v) is 2.86. The van der Waals surface area contributed by atoms with E-state index in [1.54, 1.807) is 12.4 Å². The molecule has 4 heteroatoms. The molecule has 0 amide bonds. The third-order valence-electron chi connectivity index (χ3n) is 2.86. The number of rotatable bonds is 3. The molecule has 0 unspecified atom stereocenters. The fourth-order valence-corrected chi connectivity index (χ4v) is 1.95. The van der Waals surface area contributed by atoms with Gasteiger partial charge in [0.25, 0.3) is 0 Å². The highest BCUT2D eigenvalue weighted by Crippen LogP contribution is 2.32. The fourth-order valence-electron chi connectivity index (χ4n) is 1.95. The molecule has 0 aliphatic carbocycles. The van der Waals surface area contributed by atoms with Crippen LogP contribution in [-0.4, -0.2) is 17.0 Å². The van der Waals surface area contributed by atoms with Crippen LogP contribution in [-0.2, 0) is 0 Å². The first-order valence-corrected chi connectivity index (χ1v) is 6.02. The Hall–Kier alpha value is -2.10. The largest absolute Gasteiger partial charge is 0.396 e. The van der Waals surface area contributed by atoms with Gasteiger partial charge in [-0.25, -0.2) is 4.98 Å². The molecule has 0 fully saturated rings. The summed E-state index contributed by atoms with van der Waals surface area (Å²) < 4.78 is 0. The van der Waals surface area contributed by atoms with Gasteiger partial charge < -0.3 is 11.1 Å². The molecule has 0 saturated carbocycles.